The van der Waals surface area contributed by atoms with Gasteiger partial charge in [0.2, 0.25) is 0 Å². The molecule has 0 aliphatic rings. The zero-order valence-electron chi connectivity index (χ0n) is 13.4. The lowest BCUT2D eigenvalue weighted by Crippen LogP contribution is -2.30. The number of hydrogen-bond donors (Lipinski definition) is 0. The van der Waals surface area contributed by atoms with E-state index in [0.29, 0.717) is 23.5 Å². The van der Waals surface area contributed by atoms with Crippen LogP contribution in [0, 0.1) is 5.82 Å². The predicted molar refractivity (Wildman–Crippen MR) is 93.7 cm³/mol. The molecule has 0 radical (unpaired) electrons. The summed E-state index contributed by atoms with van der Waals surface area (Å²) in [6.45, 7) is 2.49. The van der Waals surface area contributed by atoms with Gasteiger partial charge in [-0.3, -0.25) is 4.79 Å². The fourth-order valence-electron chi connectivity index (χ4n) is 2.35. The van der Waals surface area contributed by atoms with Gasteiger partial charge in [0, 0.05) is 29.3 Å². The topological polar surface area (TPSA) is 63.9 Å². The Balaban J connectivity index is 1.79. The summed E-state index contributed by atoms with van der Waals surface area (Å²) in [7, 11) is 0. The van der Waals surface area contributed by atoms with Crippen LogP contribution in [0.3, 0.4) is 0 Å². The predicted octanol–water partition coefficient (Wildman–Crippen LogP) is 3.23. The number of aromatic nitrogens is 4. The molecule has 0 aliphatic heterocycles. The van der Waals surface area contributed by atoms with Crippen molar-refractivity contribution < 1.29 is 9.18 Å². The van der Waals surface area contributed by atoms with Gasteiger partial charge in [-0.05, 0) is 37.3 Å². The highest BCUT2D eigenvalue weighted by Crippen LogP contribution is 2.18. The first kappa shape index (κ1) is 17.2. The standard InChI is InChI=1S/C17H15BrFN5O/c1-2-23(9-13-7-14(18)4-5-15(13)19)17(25)12-3-6-16(21-8-12)24-11-20-10-22-24/h3-8,10-11H,2,9H2,1H3. The summed E-state index contributed by atoms with van der Waals surface area (Å²) in [6, 6.07) is 8.05. The van der Waals surface area contributed by atoms with Crippen molar-refractivity contribution in [2.75, 3.05) is 6.54 Å². The van der Waals surface area contributed by atoms with E-state index < -0.39 is 0 Å². The third-order valence-corrected chi connectivity index (χ3v) is 4.18. The number of carbonyl (C=O) groups is 1. The fraction of sp³-hybridized carbons (Fsp3) is 0.176. The average molecular weight is 404 g/mol. The van der Waals surface area contributed by atoms with Gasteiger partial charge in [0.05, 0.1) is 5.56 Å². The van der Waals surface area contributed by atoms with Crippen molar-refractivity contribution in [2.45, 2.75) is 13.5 Å². The van der Waals surface area contributed by atoms with E-state index in [9.17, 15) is 9.18 Å². The van der Waals surface area contributed by atoms with Gasteiger partial charge in [0.1, 0.15) is 18.5 Å². The second-order valence-electron chi connectivity index (χ2n) is 5.30. The van der Waals surface area contributed by atoms with Crippen LogP contribution < -0.4 is 0 Å². The van der Waals surface area contributed by atoms with Crippen LogP contribution in [0.1, 0.15) is 22.8 Å². The Kier molecular flexibility index (Phi) is 5.18. The van der Waals surface area contributed by atoms with Crippen LogP contribution in [-0.4, -0.2) is 37.1 Å². The third-order valence-electron chi connectivity index (χ3n) is 3.69. The van der Waals surface area contributed by atoms with Crippen molar-refractivity contribution in [3.05, 3.63) is 70.6 Å². The summed E-state index contributed by atoms with van der Waals surface area (Å²) in [6.07, 6.45) is 4.42. The number of hydrogen-bond acceptors (Lipinski definition) is 4. The Morgan fingerprint density at radius 1 is 1.32 bits per heavy atom. The summed E-state index contributed by atoms with van der Waals surface area (Å²) in [5.74, 6) is 0.0174. The van der Waals surface area contributed by atoms with Crippen LogP contribution in [0.4, 0.5) is 4.39 Å². The Labute approximate surface area is 152 Å². The molecule has 6 nitrogen and oxygen atoms in total. The van der Waals surface area contributed by atoms with Crippen LogP contribution in [0.25, 0.3) is 5.82 Å². The molecule has 3 aromatic rings. The molecule has 1 amide bonds. The molecule has 128 valence electrons. The molecule has 3 rings (SSSR count). The molecule has 0 aliphatic carbocycles. The zero-order chi connectivity index (χ0) is 17.8. The van der Waals surface area contributed by atoms with E-state index in [2.05, 4.69) is 31.0 Å². The summed E-state index contributed by atoms with van der Waals surface area (Å²) in [5.41, 5.74) is 0.887. The monoisotopic (exact) mass is 403 g/mol. The molecule has 0 N–H and O–H groups in total. The molecule has 2 aromatic heterocycles. The highest BCUT2D eigenvalue weighted by atomic mass is 79.9. The zero-order valence-corrected chi connectivity index (χ0v) is 15.0. The van der Waals surface area contributed by atoms with Crippen LogP contribution >= 0.6 is 15.9 Å². The highest BCUT2D eigenvalue weighted by molar-refractivity contribution is 9.10. The molecular weight excluding hydrogens is 389 g/mol. The largest absolute Gasteiger partial charge is 0.334 e. The Morgan fingerprint density at radius 2 is 2.16 bits per heavy atom. The molecule has 0 atom stereocenters. The molecular formula is C17H15BrFN5O. The quantitative estimate of drug-likeness (QED) is 0.655. The van der Waals surface area contributed by atoms with Gasteiger partial charge in [-0.25, -0.2) is 19.0 Å². The van der Waals surface area contributed by atoms with Crippen molar-refractivity contribution in [3.8, 4) is 5.82 Å². The van der Waals surface area contributed by atoms with Gasteiger partial charge in [0.15, 0.2) is 5.82 Å². The van der Waals surface area contributed by atoms with Crippen molar-refractivity contribution in [2.24, 2.45) is 0 Å². The van der Waals surface area contributed by atoms with Crippen LogP contribution in [0.15, 0.2) is 53.7 Å². The molecule has 0 bridgehead atoms. The molecule has 0 unspecified atom stereocenters. The highest BCUT2D eigenvalue weighted by Gasteiger charge is 2.17. The number of amides is 1. The van der Waals surface area contributed by atoms with Gasteiger partial charge in [-0.1, -0.05) is 15.9 Å². The summed E-state index contributed by atoms with van der Waals surface area (Å²) >= 11 is 3.32. The van der Waals surface area contributed by atoms with Crippen molar-refractivity contribution in [1.29, 1.82) is 0 Å². The number of benzene rings is 1. The number of carbonyl (C=O) groups excluding carboxylic acids is 1. The Morgan fingerprint density at radius 3 is 2.80 bits per heavy atom. The lowest BCUT2D eigenvalue weighted by Gasteiger charge is -2.21. The van der Waals surface area contributed by atoms with Crippen molar-refractivity contribution in [1.82, 2.24) is 24.6 Å². The molecule has 0 saturated heterocycles. The first-order valence-electron chi connectivity index (χ1n) is 7.62. The maximum absolute atomic E-state index is 14.0. The SMILES string of the molecule is CCN(Cc1cc(Br)ccc1F)C(=O)c1ccc(-n2cncn2)nc1. The maximum atomic E-state index is 14.0. The van der Waals surface area contributed by atoms with Crippen molar-refractivity contribution >= 4 is 21.8 Å². The third kappa shape index (κ3) is 3.90. The molecule has 8 heteroatoms. The minimum Gasteiger partial charge on any atom is -0.334 e. The van der Waals surface area contributed by atoms with E-state index in [1.165, 1.54) is 29.6 Å². The van der Waals surface area contributed by atoms with Crippen LogP contribution in [0.2, 0.25) is 0 Å². The summed E-state index contributed by atoms with van der Waals surface area (Å²) < 4.78 is 16.2. The Bertz CT molecular complexity index is 867. The van der Waals surface area contributed by atoms with Crippen molar-refractivity contribution in [3.63, 3.8) is 0 Å². The van der Waals surface area contributed by atoms with E-state index in [0.717, 1.165) is 4.47 Å². The normalized spacial score (nSPS) is 10.7. The van der Waals surface area contributed by atoms with Crippen LogP contribution in [0.5, 0.6) is 0 Å². The van der Waals surface area contributed by atoms with Gasteiger partial charge < -0.3 is 4.90 Å². The van der Waals surface area contributed by atoms with E-state index in [-0.39, 0.29) is 18.3 Å². The number of halogens is 2. The summed E-state index contributed by atoms with van der Waals surface area (Å²) in [5, 5.41) is 3.99. The lowest BCUT2D eigenvalue weighted by molar-refractivity contribution is 0.0750. The first-order chi connectivity index (χ1) is 12.1. The van der Waals surface area contributed by atoms with Gasteiger partial charge in [-0.15, -0.1) is 0 Å². The van der Waals surface area contributed by atoms with Gasteiger partial charge >= 0.3 is 0 Å². The van der Waals surface area contributed by atoms with E-state index in [1.54, 1.807) is 29.2 Å². The Hall–Kier alpha value is -2.61. The maximum Gasteiger partial charge on any atom is 0.255 e. The second kappa shape index (κ2) is 7.52. The smallest absolute Gasteiger partial charge is 0.255 e. The van der Waals surface area contributed by atoms with Gasteiger partial charge in [-0.2, -0.15) is 5.10 Å². The average Bonchev–Trinajstić information content (AvgIpc) is 3.16. The number of rotatable bonds is 5. The molecule has 2 heterocycles. The van der Waals surface area contributed by atoms with E-state index >= 15 is 0 Å². The van der Waals surface area contributed by atoms with E-state index in [1.807, 2.05) is 6.92 Å². The molecule has 0 saturated carbocycles. The molecule has 0 fully saturated rings. The minimum atomic E-state index is -0.339. The first-order valence-corrected chi connectivity index (χ1v) is 8.42. The van der Waals surface area contributed by atoms with E-state index in [4.69, 9.17) is 0 Å². The lowest BCUT2D eigenvalue weighted by atomic mass is 10.1. The molecule has 0 spiro atoms. The fourth-order valence-corrected chi connectivity index (χ4v) is 2.76. The summed E-state index contributed by atoms with van der Waals surface area (Å²) in [4.78, 5) is 22.3. The number of pyridine rings is 1. The second-order valence-corrected chi connectivity index (χ2v) is 6.22. The van der Waals surface area contributed by atoms with Crippen LogP contribution in [-0.2, 0) is 6.54 Å². The number of nitrogens with zero attached hydrogens (tertiary/aromatic N) is 5. The minimum absolute atomic E-state index is 0.186. The molecule has 1 aromatic carbocycles. The molecule has 25 heavy (non-hydrogen) atoms. The van der Waals surface area contributed by atoms with Gasteiger partial charge in [0.25, 0.3) is 5.91 Å².